The second kappa shape index (κ2) is 5.03. The van der Waals surface area contributed by atoms with Gasteiger partial charge in [-0.05, 0) is 24.5 Å². The molecule has 1 aliphatic rings. The summed E-state index contributed by atoms with van der Waals surface area (Å²) in [6.45, 7) is 0. The van der Waals surface area contributed by atoms with Crippen LogP contribution in [0.1, 0.15) is 48.8 Å². The molecule has 2 aromatic rings. The first-order chi connectivity index (χ1) is 9.24. The summed E-state index contributed by atoms with van der Waals surface area (Å²) in [6, 6.07) is 7.96. The Balaban J connectivity index is 1.83. The SMILES string of the molecule is Cn1nc(C2CCCC2)nc1Cc1ccccc1N. The van der Waals surface area contributed by atoms with Gasteiger partial charge in [0.1, 0.15) is 5.82 Å². The molecule has 0 aliphatic heterocycles. The van der Waals surface area contributed by atoms with Crippen molar-refractivity contribution in [3.8, 4) is 0 Å². The molecule has 2 N–H and O–H groups in total. The molecular weight excluding hydrogens is 236 g/mol. The quantitative estimate of drug-likeness (QED) is 0.859. The van der Waals surface area contributed by atoms with Crippen LogP contribution in [0.3, 0.4) is 0 Å². The molecule has 1 saturated carbocycles. The number of rotatable bonds is 3. The number of anilines is 1. The highest BCUT2D eigenvalue weighted by molar-refractivity contribution is 5.47. The van der Waals surface area contributed by atoms with Gasteiger partial charge in [0.05, 0.1) is 0 Å². The predicted octanol–water partition coefficient (Wildman–Crippen LogP) is 2.65. The molecule has 1 fully saturated rings. The van der Waals surface area contributed by atoms with Crippen LogP contribution in [0.2, 0.25) is 0 Å². The number of aryl methyl sites for hydroxylation is 1. The molecule has 100 valence electrons. The molecule has 0 spiro atoms. The average Bonchev–Trinajstić information content (AvgIpc) is 3.02. The van der Waals surface area contributed by atoms with Gasteiger partial charge in [0.15, 0.2) is 5.82 Å². The lowest BCUT2D eigenvalue weighted by molar-refractivity contribution is 0.644. The summed E-state index contributed by atoms with van der Waals surface area (Å²) in [4.78, 5) is 4.72. The zero-order valence-electron chi connectivity index (χ0n) is 11.3. The number of benzene rings is 1. The Labute approximate surface area is 113 Å². The van der Waals surface area contributed by atoms with E-state index in [0.29, 0.717) is 5.92 Å². The third-order valence-corrected chi connectivity index (χ3v) is 3.99. The third kappa shape index (κ3) is 2.48. The van der Waals surface area contributed by atoms with Crippen LogP contribution in [-0.4, -0.2) is 14.8 Å². The van der Waals surface area contributed by atoms with E-state index in [2.05, 4.69) is 11.2 Å². The van der Waals surface area contributed by atoms with E-state index in [4.69, 9.17) is 10.7 Å². The monoisotopic (exact) mass is 256 g/mol. The normalized spacial score (nSPS) is 16.1. The molecule has 1 aromatic heterocycles. The Hall–Kier alpha value is -1.84. The van der Waals surface area contributed by atoms with Crippen molar-refractivity contribution < 1.29 is 0 Å². The number of nitrogen functional groups attached to an aromatic ring is 1. The van der Waals surface area contributed by atoms with Gasteiger partial charge in [-0.25, -0.2) is 4.98 Å². The summed E-state index contributed by atoms with van der Waals surface area (Å²) in [5, 5.41) is 4.58. The number of hydrogen-bond acceptors (Lipinski definition) is 3. The van der Waals surface area contributed by atoms with Gasteiger partial charge in [-0.2, -0.15) is 5.10 Å². The minimum absolute atomic E-state index is 0.563. The van der Waals surface area contributed by atoms with Gasteiger partial charge in [0.2, 0.25) is 0 Å². The fourth-order valence-electron chi connectivity index (χ4n) is 2.81. The lowest BCUT2D eigenvalue weighted by Crippen LogP contribution is -2.02. The molecule has 4 nitrogen and oxygen atoms in total. The first kappa shape index (κ1) is 12.2. The van der Waals surface area contributed by atoms with Crippen LogP contribution in [-0.2, 0) is 13.5 Å². The molecule has 0 atom stereocenters. The van der Waals surface area contributed by atoms with Crippen LogP contribution in [0.5, 0.6) is 0 Å². The molecule has 4 heteroatoms. The second-order valence-corrected chi connectivity index (χ2v) is 5.37. The van der Waals surface area contributed by atoms with Crippen LogP contribution in [0.25, 0.3) is 0 Å². The zero-order chi connectivity index (χ0) is 13.2. The first-order valence-electron chi connectivity index (χ1n) is 6.97. The Morgan fingerprint density at radius 3 is 2.74 bits per heavy atom. The third-order valence-electron chi connectivity index (χ3n) is 3.99. The number of hydrogen-bond donors (Lipinski definition) is 1. The maximum Gasteiger partial charge on any atom is 0.154 e. The molecule has 1 aliphatic carbocycles. The average molecular weight is 256 g/mol. The smallest absolute Gasteiger partial charge is 0.154 e. The van der Waals surface area contributed by atoms with Gasteiger partial charge in [0, 0.05) is 25.1 Å². The Morgan fingerprint density at radius 2 is 2.00 bits per heavy atom. The van der Waals surface area contributed by atoms with E-state index >= 15 is 0 Å². The highest BCUT2D eigenvalue weighted by Gasteiger charge is 2.22. The van der Waals surface area contributed by atoms with E-state index in [9.17, 15) is 0 Å². The molecule has 0 amide bonds. The van der Waals surface area contributed by atoms with Crippen LogP contribution in [0, 0.1) is 0 Å². The zero-order valence-corrected chi connectivity index (χ0v) is 11.3. The van der Waals surface area contributed by atoms with E-state index in [1.807, 2.05) is 29.9 Å². The van der Waals surface area contributed by atoms with Gasteiger partial charge < -0.3 is 5.73 Å². The fraction of sp³-hybridized carbons (Fsp3) is 0.467. The van der Waals surface area contributed by atoms with Gasteiger partial charge in [-0.15, -0.1) is 0 Å². The van der Waals surface area contributed by atoms with E-state index < -0.39 is 0 Å². The Morgan fingerprint density at radius 1 is 1.26 bits per heavy atom. The number of nitrogens with zero attached hydrogens (tertiary/aromatic N) is 3. The number of aromatic nitrogens is 3. The summed E-state index contributed by atoms with van der Waals surface area (Å²) in [5.41, 5.74) is 7.94. The fourth-order valence-corrected chi connectivity index (χ4v) is 2.81. The topological polar surface area (TPSA) is 56.7 Å². The highest BCUT2D eigenvalue weighted by Crippen LogP contribution is 2.32. The summed E-state index contributed by atoms with van der Waals surface area (Å²) in [6.07, 6.45) is 5.84. The van der Waals surface area contributed by atoms with Crippen molar-refractivity contribution in [1.29, 1.82) is 0 Å². The van der Waals surface area contributed by atoms with Crippen molar-refractivity contribution in [2.24, 2.45) is 7.05 Å². The van der Waals surface area contributed by atoms with E-state index in [1.165, 1.54) is 25.7 Å². The lowest BCUT2D eigenvalue weighted by Gasteiger charge is -2.04. The van der Waals surface area contributed by atoms with Gasteiger partial charge in [-0.3, -0.25) is 4.68 Å². The molecule has 1 heterocycles. The Kier molecular flexibility index (Phi) is 3.23. The molecule has 0 bridgehead atoms. The predicted molar refractivity (Wildman–Crippen MR) is 75.9 cm³/mol. The summed E-state index contributed by atoms with van der Waals surface area (Å²) in [5.74, 6) is 2.58. The minimum Gasteiger partial charge on any atom is -0.398 e. The number of para-hydroxylation sites is 1. The standard InChI is InChI=1S/C15H20N4/c1-19-14(10-12-8-4-5-9-13(12)16)17-15(18-19)11-6-2-3-7-11/h4-5,8-9,11H,2-3,6-7,10,16H2,1H3. The first-order valence-corrected chi connectivity index (χ1v) is 6.97. The summed E-state index contributed by atoms with van der Waals surface area (Å²) in [7, 11) is 1.97. The maximum atomic E-state index is 5.99. The van der Waals surface area contributed by atoms with Crippen LogP contribution in [0.15, 0.2) is 24.3 Å². The minimum atomic E-state index is 0.563. The molecule has 1 aromatic carbocycles. The Bertz CT molecular complexity index is 567. The molecule has 0 unspecified atom stereocenters. The van der Waals surface area contributed by atoms with Crippen LogP contribution >= 0.6 is 0 Å². The molecule has 19 heavy (non-hydrogen) atoms. The molecule has 0 saturated heterocycles. The van der Waals surface area contributed by atoms with Crippen molar-refractivity contribution in [3.05, 3.63) is 41.5 Å². The van der Waals surface area contributed by atoms with Crippen molar-refractivity contribution in [2.45, 2.75) is 38.0 Å². The van der Waals surface area contributed by atoms with Crippen LogP contribution in [0.4, 0.5) is 5.69 Å². The van der Waals surface area contributed by atoms with E-state index in [1.54, 1.807) is 0 Å². The van der Waals surface area contributed by atoms with E-state index in [0.717, 1.165) is 29.3 Å². The molecule has 0 radical (unpaired) electrons. The maximum absolute atomic E-state index is 5.99. The van der Waals surface area contributed by atoms with Gasteiger partial charge in [0.25, 0.3) is 0 Å². The summed E-state index contributed by atoms with van der Waals surface area (Å²) >= 11 is 0. The van der Waals surface area contributed by atoms with Gasteiger partial charge >= 0.3 is 0 Å². The molecule has 3 rings (SSSR count). The van der Waals surface area contributed by atoms with E-state index in [-0.39, 0.29) is 0 Å². The number of nitrogens with two attached hydrogens (primary N) is 1. The van der Waals surface area contributed by atoms with Gasteiger partial charge in [-0.1, -0.05) is 31.0 Å². The van der Waals surface area contributed by atoms with Crippen molar-refractivity contribution in [1.82, 2.24) is 14.8 Å². The lowest BCUT2D eigenvalue weighted by atomic mass is 10.1. The van der Waals surface area contributed by atoms with Crippen molar-refractivity contribution in [2.75, 3.05) is 5.73 Å². The second-order valence-electron chi connectivity index (χ2n) is 5.37. The highest BCUT2D eigenvalue weighted by atomic mass is 15.3. The molecular formula is C15H20N4. The van der Waals surface area contributed by atoms with Crippen LogP contribution < -0.4 is 5.73 Å². The van der Waals surface area contributed by atoms with Crippen molar-refractivity contribution in [3.63, 3.8) is 0 Å². The summed E-state index contributed by atoms with van der Waals surface area (Å²) < 4.78 is 1.90. The largest absolute Gasteiger partial charge is 0.398 e. The van der Waals surface area contributed by atoms with Crippen molar-refractivity contribution >= 4 is 5.69 Å².